The summed E-state index contributed by atoms with van der Waals surface area (Å²) in [6.45, 7) is -0.786. The minimum atomic E-state index is -2.60. The van der Waals surface area contributed by atoms with Crippen LogP contribution in [-0.2, 0) is 4.57 Å². The van der Waals surface area contributed by atoms with Crippen LogP contribution < -0.4 is 4.74 Å². The van der Waals surface area contributed by atoms with Gasteiger partial charge in [0.25, 0.3) is 0 Å². The number of methoxy groups -OCH3 is 1. The molecule has 0 aromatic heterocycles. The Hall–Kier alpha value is -0.720. The van der Waals surface area contributed by atoms with Crippen LogP contribution >= 0.6 is 17.7 Å². The summed E-state index contributed by atoms with van der Waals surface area (Å²) < 4.78 is 16.6. The molecule has 0 heterocycles. The second-order valence-corrected chi connectivity index (χ2v) is 7.16. The molecule has 0 aliphatic heterocycles. The van der Waals surface area contributed by atoms with E-state index >= 15 is 0 Å². The standard InChI is InChI=1S/C11H14ClO2P/c1-3-15(12,13)9-8-10-4-6-11(14-2)7-5-10/h4-9H,3H2,1-2H3/b9-8+. The number of hydrogen-bond donors (Lipinski definition) is 0. The molecule has 0 bridgehead atoms. The van der Waals surface area contributed by atoms with Gasteiger partial charge in [-0.2, -0.15) is 0 Å². The number of benzene rings is 1. The monoisotopic (exact) mass is 244 g/mol. The molecule has 0 saturated carbocycles. The summed E-state index contributed by atoms with van der Waals surface area (Å²) in [5.41, 5.74) is 0.963. The van der Waals surface area contributed by atoms with Crippen LogP contribution in [0.4, 0.5) is 0 Å². The fourth-order valence-electron chi connectivity index (χ4n) is 1.02. The molecule has 0 N–H and O–H groups in total. The lowest BCUT2D eigenvalue weighted by Crippen LogP contribution is -1.81. The molecule has 0 fully saturated rings. The number of ether oxygens (including phenoxy) is 1. The molecule has 0 aliphatic rings. The summed E-state index contributed by atoms with van der Waals surface area (Å²) in [6.07, 6.45) is 2.25. The third kappa shape index (κ3) is 4.11. The van der Waals surface area contributed by atoms with Gasteiger partial charge in [-0.25, -0.2) is 0 Å². The van der Waals surface area contributed by atoms with E-state index in [-0.39, 0.29) is 0 Å². The first-order chi connectivity index (χ1) is 7.07. The summed E-state index contributed by atoms with van der Waals surface area (Å²) in [7, 11) is 1.62. The average Bonchev–Trinajstić information content (AvgIpc) is 2.27. The van der Waals surface area contributed by atoms with Gasteiger partial charge in [-0.15, -0.1) is 0 Å². The van der Waals surface area contributed by atoms with E-state index in [1.807, 2.05) is 31.2 Å². The van der Waals surface area contributed by atoms with E-state index in [0.29, 0.717) is 6.16 Å². The summed E-state index contributed by atoms with van der Waals surface area (Å²) in [6, 6.07) is 7.49. The maximum absolute atomic E-state index is 11.5. The summed E-state index contributed by atoms with van der Waals surface area (Å²) in [5, 5.41) is 0. The molecule has 1 unspecified atom stereocenters. The molecule has 0 amide bonds. The maximum Gasteiger partial charge on any atom is 0.190 e. The lowest BCUT2D eigenvalue weighted by Gasteiger charge is -2.01. The van der Waals surface area contributed by atoms with Gasteiger partial charge in [-0.05, 0) is 34.8 Å². The van der Waals surface area contributed by atoms with Gasteiger partial charge in [-0.1, -0.05) is 25.1 Å². The van der Waals surface area contributed by atoms with Gasteiger partial charge in [-0.3, -0.25) is 0 Å². The zero-order valence-electron chi connectivity index (χ0n) is 8.81. The van der Waals surface area contributed by atoms with Crippen molar-refractivity contribution < 1.29 is 9.30 Å². The predicted octanol–water partition coefficient (Wildman–Crippen LogP) is 4.20. The predicted molar refractivity (Wildman–Crippen MR) is 66.0 cm³/mol. The van der Waals surface area contributed by atoms with E-state index in [1.165, 1.54) is 0 Å². The van der Waals surface area contributed by atoms with E-state index < -0.39 is 6.49 Å². The Kier molecular flexibility index (Phi) is 4.44. The van der Waals surface area contributed by atoms with Crippen LogP contribution in [0.2, 0.25) is 0 Å². The van der Waals surface area contributed by atoms with Crippen molar-refractivity contribution in [1.82, 2.24) is 0 Å². The highest BCUT2D eigenvalue weighted by atomic mass is 35.7. The molecule has 0 radical (unpaired) electrons. The third-order valence-electron chi connectivity index (χ3n) is 2.04. The van der Waals surface area contributed by atoms with Crippen molar-refractivity contribution in [3.63, 3.8) is 0 Å². The molecule has 1 aromatic rings. The molecular weight excluding hydrogens is 231 g/mol. The average molecular weight is 245 g/mol. The lowest BCUT2D eigenvalue weighted by molar-refractivity contribution is 0.415. The lowest BCUT2D eigenvalue weighted by atomic mass is 10.2. The van der Waals surface area contributed by atoms with E-state index in [4.69, 9.17) is 16.0 Å². The van der Waals surface area contributed by atoms with Crippen molar-refractivity contribution in [2.45, 2.75) is 6.92 Å². The molecule has 1 atom stereocenters. The third-order valence-corrected chi connectivity index (χ3v) is 4.55. The number of hydrogen-bond acceptors (Lipinski definition) is 2. The van der Waals surface area contributed by atoms with Crippen LogP contribution in [0.25, 0.3) is 6.08 Å². The molecule has 0 aliphatic carbocycles. The molecular formula is C11H14ClO2P. The molecule has 0 spiro atoms. The molecule has 2 nitrogen and oxygen atoms in total. The largest absolute Gasteiger partial charge is 0.497 e. The number of rotatable bonds is 4. The van der Waals surface area contributed by atoms with Crippen molar-refractivity contribution in [2.24, 2.45) is 0 Å². The van der Waals surface area contributed by atoms with Crippen LogP contribution in [0.5, 0.6) is 5.75 Å². The van der Waals surface area contributed by atoms with E-state index in [1.54, 1.807) is 19.0 Å². The number of halogens is 1. The summed E-state index contributed by atoms with van der Waals surface area (Å²) in [5.74, 6) is 2.38. The first-order valence-corrected chi connectivity index (χ1v) is 7.56. The SMILES string of the molecule is CCP(=O)(Cl)/C=C/c1ccc(OC)cc1. The zero-order valence-corrected chi connectivity index (χ0v) is 10.5. The Labute approximate surface area is 95.1 Å². The summed E-state index contributed by atoms with van der Waals surface area (Å²) in [4.78, 5) is 0. The van der Waals surface area contributed by atoms with Crippen molar-refractivity contribution in [3.05, 3.63) is 35.6 Å². The molecule has 0 saturated heterocycles. The van der Waals surface area contributed by atoms with Crippen molar-refractivity contribution in [1.29, 1.82) is 0 Å². The normalized spacial score (nSPS) is 15.1. The Morgan fingerprint density at radius 1 is 1.40 bits per heavy atom. The summed E-state index contributed by atoms with van der Waals surface area (Å²) >= 11 is 5.77. The first-order valence-electron chi connectivity index (χ1n) is 4.69. The first kappa shape index (κ1) is 12.4. The molecule has 1 aromatic carbocycles. The topological polar surface area (TPSA) is 26.3 Å². The Morgan fingerprint density at radius 3 is 2.47 bits per heavy atom. The molecule has 1 rings (SSSR count). The van der Waals surface area contributed by atoms with E-state index in [0.717, 1.165) is 11.3 Å². The van der Waals surface area contributed by atoms with Gasteiger partial charge >= 0.3 is 0 Å². The minimum Gasteiger partial charge on any atom is -0.497 e. The van der Waals surface area contributed by atoms with Gasteiger partial charge in [0.05, 0.1) is 7.11 Å². The van der Waals surface area contributed by atoms with Crippen LogP contribution in [0.3, 0.4) is 0 Å². The zero-order chi connectivity index (χ0) is 11.3. The second-order valence-electron chi connectivity index (χ2n) is 3.11. The fourth-order valence-corrected chi connectivity index (χ4v) is 1.79. The van der Waals surface area contributed by atoms with Gasteiger partial charge in [0.1, 0.15) is 5.75 Å². The Bertz CT molecular complexity index is 384. The van der Waals surface area contributed by atoms with Crippen LogP contribution in [0, 0.1) is 0 Å². The van der Waals surface area contributed by atoms with Crippen LogP contribution in [0.1, 0.15) is 12.5 Å². The smallest absolute Gasteiger partial charge is 0.190 e. The quantitative estimate of drug-likeness (QED) is 0.742. The minimum absolute atomic E-state index is 0.473. The Balaban J connectivity index is 2.77. The van der Waals surface area contributed by atoms with Crippen LogP contribution in [-0.4, -0.2) is 13.3 Å². The van der Waals surface area contributed by atoms with Crippen molar-refractivity contribution >= 4 is 23.8 Å². The van der Waals surface area contributed by atoms with Gasteiger partial charge < -0.3 is 9.30 Å². The van der Waals surface area contributed by atoms with E-state index in [2.05, 4.69) is 0 Å². The second kappa shape index (κ2) is 5.39. The Morgan fingerprint density at radius 2 is 2.00 bits per heavy atom. The fraction of sp³-hybridized carbons (Fsp3) is 0.273. The molecule has 82 valence electrons. The molecule has 4 heteroatoms. The highest BCUT2D eigenvalue weighted by Crippen LogP contribution is 2.52. The van der Waals surface area contributed by atoms with Gasteiger partial charge in [0.15, 0.2) is 6.49 Å². The molecule has 15 heavy (non-hydrogen) atoms. The van der Waals surface area contributed by atoms with E-state index in [9.17, 15) is 4.57 Å². The highest BCUT2D eigenvalue weighted by molar-refractivity contribution is 7.91. The van der Waals surface area contributed by atoms with Gasteiger partial charge in [0, 0.05) is 6.16 Å². The van der Waals surface area contributed by atoms with Crippen molar-refractivity contribution in [2.75, 3.05) is 13.3 Å². The van der Waals surface area contributed by atoms with Crippen molar-refractivity contribution in [3.8, 4) is 5.75 Å². The maximum atomic E-state index is 11.5. The highest BCUT2D eigenvalue weighted by Gasteiger charge is 2.08. The van der Waals surface area contributed by atoms with Crippen LogP contribution in [0.15, 0.2) is 30.1 Å². The van der Waals surface area contributed by atoms with Gasteiger partial charge in [0.2, 0.25) is 0 Å².